The Morgan fingerprint density at radius 3 is 2.45 bits per heavy atom. The van der Waals surface area contributed by atoms with Crippen LogP contribution >= 0.6 is 0 Å². The van der Waals surface area contributed by atoms with Crippen LogP contribution in [0.5, 0.6) is 0 Å². The summed E-state index contributed by atoms with van der Waals surface area (Å²) in [5.74, 6) is -0.242. The van der Waals surface area contributed by atoms with Gasteiger partial charge in [0.2, 0.25) is 11.8 Å². The SMILES string of the molecule is CCc1ccc(NC(=O)CC2(C)C(=O)n3c(cc4ccccc43)-c3ccccc32)cc1. The highest BCUT2D eigenvalue weighted by Crippen LogP contribution is 2.44. The van der Waals surface area contributed by atoms with E-state index in [1.54, 1.807) is 4.57 Å². The number of carbonyl (C=O) groups is 2. The smallest absolute Gasteiger partial charge is 0.242 e. The molecule has 0 bridgehead atoms. The number of para-hydroxylation sites is 1. The number of benzene rings is 3. The molecule has 2 heterocycles. The number of carbonyl (C=O) groups excluding carboxylic acids is 2. The average Bonchev–Trinajstić information content (AvgIpc) is 3.18. The number of hydrogen-bond donors (Lipinski definition) is 1. The standard InChI is InChI=1S/C27H24N2O2/c1-3-18-12-14-20(15-13-18)28-25(30)17-27(2)22-10-6-5-9-21(22)24-16-19-8-4-7-11-23(19)29(24)26(27)31/h4-16H,3,17H2,1-2H3,(H,28,30). The minimum Gasteiger partial charge on any atom is -0.326 e. The Hall–Kier alpha value is -3.66. The number of aryl methyl sites for hydroxylation is 1. The lowest BCUT2D eigenvalue weighted by Gasteiger charge is -2.35. The molecule has 0 radical (unpaired) electrons. The number of anilines is 1. The monoisotopic (exact) mass is 408 g/mol. The van der Waals surface area contributed by atoms with E-state index < -0.39 is 5.41 Å². The van der Waals surface area contributed by atoms with Crippen LogP contribution in [0.4, 0.5) is 5.69 Å². The number of amides is 1. The van der Waals surface area contributed by atoms with Crippen LogP contribution in [0.25, 0.3) is 22.2 Å². The molecule has 0 fully saturated rings. The third kappa shape index (κ3) is 3.07. The predicted octanol–water partition coefficient (Wildman–Crippen LogP) is 5.81. The van der Waals surface area contributed by atoms with E-state index >= 15 is 0 Å². The number of fused-ring (bicyclic) bond motifs is 5. The van der Waals surface area contributed by atoms with Crippen LogP contribution in [0.2, 0.25) is 0 Å². The van der Waals surface area contributed by atoms with Crippen LogP contribution in [0.15, 0.2) is 78.9 Å². The summed E-state index contributed by atoms with van der Waals surface area (Å²) in [6, 6.07) is 25.7. The summed E-state index contributed by atoms with van der Waals surface area (Å²) in [6.07, 6.45) is 1.02. The molecule has 1 aromatic heterocycles. The Bertz CT molecular complexity index is 1320. The normalized spacial score (nSPS) is 17.3. The molecule has 1 N–H and O–H groups in total. The van der Waals surface area contributed by atoms with Crippen LogP contribution in [-0.4, -0.2) is 16.4 Å². The molecule has 1 unspecified atom stereocenters. The first kappa shape index (κ1) is 19.3. The van der Waals surface area contributed by atoms with Gasteiger partial charge in [-0.3, -0.25) is 14.2 Å². The maximum absolute atomic E-state index is 13.8. The van der Waals surface area contributed by atoms with Crippen molar-refractivity contribution in [3.8, 4) is 11.3 Å². The quantitative estimate of drug-likeness (QED) is 0.463. The molecular formula is C27H24N2O2. The summed E-state index contributed by atoms with van der Waals surface area (Å²) in [7, 11) is 0. The highest BCUT2D eigenvalue weighted by molar-refractivity contribution is 6.09. The predicted molar refractivity (Wildman–Crippen MR) is 124 cm³/mol. The van der Waals surface area contributed by atoms with Crippen molar-refractivity contribution in [1.82, 2.24) is 4.57 Å². The number of hydrogen-bond acceptors (Lipinski definition) is 2. The first-order valence-corrected chi connectivity index (χ1v) is 10.7. The van der Waals surface area contributed by atoms with E-state index in [2.05, 4.69) is 18.3 Å². The van der Waals surface area contributed by atoms with Gasteiger partial charge in [-0.05, 0) is 48.7 Å². The van der Waals surface area contributed by atoms with E-state index in [1.807, 2.05) is 79.7 Å². The van der Waals surface area contributed by atoms with Crippen LogP contribution in [-0.2, 0) is 16.6 Å². The van der Waals surface area contributed by atoms with Gasteiger partial charge in [0.25, 0.3) is 0 Å². The zero-order chi connectivity index (χ0) is 21.6. The van der Waals surface area contributed by atoms with Gasteiger partial charge in [0, 0.05) is 23.1 Å². The molecule has 4 nitrogen and oxygen atoms in total. The molecule has 1 atom stereocenters. The largest absolute Gasteiger partial charge is 0.326 e. The second-order valence-corrected chi connectivity index (χ2v) is 8.38. The topological polar surface area (TPSA) is 51.1 Å². The Morgan fingerprint density at radius 2 is 1.68 bits per heavy atom. The molecular weight excluding hydrogens is 384 g/mol. The van der Waals surface area contributed by atoms with Gasteiger partial charge in [-0.2, -0.15) is 0 Å². The fraction of sp³-hybridized carbons (Fsp3) is 0.185. The summed E-state index contributed by atoms with van der Waals surface area (Å²) < 4.78 is 1.78. The summed E-state index contributed by atoms with van der Waals surface area (Å²) in [5, 5.41) is 3.99. The van der Waals surface area contributed by atoms with Gasteiger partial charge < -0.3 is 5.32 Å². The molecule has 1 amide bonds. The minimum atomic E-state index is -0.959. The van der Waals surface area contributed by atoms with E-state index in [9.17, 15) is 9.59 Å². The fourth-order valence-electron chi connectivity index (χ4n) is 4.64. The molecule has 4 aromatic rings. The number of rotatable bonds is 4. The average molecular weight is 409 g/mol. The first-order chi connectivity index (χ1) is 15.0. The van der Waals surface area contributed by atoms with Crippen molar-refractivity contribution in [2.75, 3.05) is 5.32 Å². The van der Waals surface area contributed by atoms with Gasteiger partial charge in [-0.1, -0.05) is 61.5 Å². The Balaban J connectivity index is 1.55. The van der Waals surface area contributed by atoms with E-state index in [4.69, 9.17) is 0 Å². The molecule has 0 aliphatic carbocycles. The van der Waals surface area contributed by atoms with Crippen LogP contribution < -0.4 is 5.32 Å². The minimum absolute atomic E-state index is 0.0705. The van der Waals surface area contributed by atoms with Crippen LogP contribution in [0, 0.1) is 0 Å². The highest BCUT2D eigenvalue weighted by Gasteiger charge is 2.44. The van der Waals surface area contributed by atoms with Crippen molar-refractivity contribution < 1.29 is 9.59 Å². The van der Waals surface area contributed by atoms with E-state index in [1.165, 1.54) is 5.56 Å². The molecule has 0 spiro atoms. The van der Waals surface area contributed by atoms with Gasteiger partial charge >= 0.3 is 0 Å². The molecule has 0 saturated heterocycles. The maximum Gasteiger partial charge on any atom is 0.242 e. The lowest BCUT2D eigenvalue weighted by atomic mass is 9.73. The molecule has 1 aliphatic rings. The lowest BCUT2D eigenvalue weighted by molar-refractivity contribution is -0.117. The molecule has 3 aromatic carbocycles. The van der Waals surface area contributed by atoms with Gasteiger partial charge in [0.05, 0.1) is 16.6 Å². The number of nitrogens with zero attached hydrogens (tertiary/aromatic N) is 1. The lowest BCUT2D eigenvalue weighted by Crippen LogP contribution is -2.43. The summed E-state index contributed by atoms with van der Waals surface area (Å²) >= 11 is 0. The zero-order valence-electron chi connectivity index (χ0n) is 17.7. The second kappa shape index (κ2) is 7.24. The third-order valence-electron chi connectivity index (χ3n) is 6.34. The van der Waals surface area contributed by atoms with E-state index in [-0.39, 0.29) is 18.2 Å². The van der Waals surface area contributed by atoms with Gasteiger partial charge in [0.1, 0.15) is 0 Å². The van der Waals surface area contributed by atoms with Crippen molar-refractivity contribution in [3.63, 3.8) is 0 Å². The van der Waals surface area contributed by atoms with Crippen LogP contribution in [0.3, 0.4) is 0 Å². The summed E-state index contributed by atoms with van der Waals surface area (Å²) in [5.41, 5.74) is 4.66. The zero-order valence-corrected chi connectivity index (χ0v) is 17.7. The number of nitrogens with one attached hydrogen (secondary N) is 1. The number of aromatic nitrogens is 1. The molecule has 154 valence electrons. The maximum atomic E-state index is 13.8. The molecule has 31 heavy (non-hydrogen) atoms. The Labute approximate surface area is 181 Å². The van der Waals surface area contributed by atoms with E-state index in [0.29, 0.717) is 0 Å². The Morgan fingerprint density at radius 1 is 0.968 bits per heavy atom. The first-order valence-electron chi connectivity index (χ1n) is 10.7. The van der Waals surface area contributed by atoms with Gasteiger partial charge in [0.15, 0.2) is 0 Å². The van der Waals surface area contributed by atoms with Crippen molar-refractivity contribution in [3.05, 3.63) is 90.0 Å². The van der Waals surface area contributed by atoms with Crippen molar-refractivity contribution in [2.24, 2.45) is 0 Å². The Kier molecular flexibility index (Phi) is 4.51. The van der Waals surface area contributed by atoms with Gasteiger partial charge in [-0.25, -0.2) is 0 Å². The summed E-state index contributed by atoms with van der Waals surface area (Å²) in [6.45, 7) is 3.98. The van der Waals surface area contributed by atoms with E-state index in [0.717, 1.165) is 39.8 Å². The van der Waals surface area contributed by atoms with Crippen molar-refractivity contribution in [2.45, 2.75) is 32.1 Å². The van der Waals surface area contributed by atoms with Crippen molar-refractivity contribution in [1.29, 1.82) is 0 Å². The second-order valence-electron chi connectivity index (χ2n) is 8.38. The molecule has 1 aliphatic heterocycles. The van der Waals surface area contributed by atoms with Crippen molar-refractivity contribution >= 4 is 28.4 Å². The highest BCUT2D eigenvalue weighted by atomic mass is 16.2. The summed E-state index contributed by atoms with van der Waals surface area (Å²) in [4.78, 5) is 26.9. The fourth-order valence-corrected chi connectivity index (χ4v) is 4.64. The van der Waals surface area contributed by atoms with Gasteiger partial charge in [-0.15, -0.1) is 0 Å². The molecule has 4 heteroatoms. The molecule has 5 rings (SSSR count). The molecule has 0 saturated carbocycles. The van der Waals surface area contributed by atoms with Crippen LogP contribution in [0.1, 0.15) is 36.2 Å². The third-order valence-corrected chi connectivity index (χ3v) is 6.34.